The van der Waals surface area contributed by atoms with Gasteiger partial charge in [-0.15, -0.1) is 0 Å². The van der Waals surface area contributed by atoms with Crippen LogP contribution in [0.15, 0.2) is 65.3 Å². The van der Waals surface area contributed by atoms with Gasteiger partial charge in [-0.05, 0) is 24.3 Å². The first-order valence-electron chi connectivity index (χ1n) is 10.6. The molecule has 7 atom stereocenters. The van der Waals surface area contributed by atoms with Crippen LogP contribution in [0.2, 0.25) is 0 Å². The average Bonchev–Trinajstić information content (AvgIpc) is 3.54. The number of para-hydroxylation sites is 1. The van der Waals surface area contributed by atoms with E-state index in [9.17, 15) is 14.4 Å². The first-order valence-corrected chi connectivity index (χ1v) is 10.6. The minimum Gasteiger partial charge on any atom is -0.467 e. The van der Waals surface area contributed by atoms with Crippen LogP contribution in [0.1, 0.15) is 25.1 Å². The molecule has 158 valence electrons. The van der Waals surface area contributed by atoms with E-state index in [1.807, 2.05) is 49.4 Å². The molecule has 7 heteroatoms. The summed E-state index contributed by atoms with van der Waals surface area (Å²) in [4.78, 5) is 41.8. The Morgan fingerprint density at radius 2 is 1.97 bits per heavy atom. The van der Waals surface area contributed by atoms with E-state index in [1.165, 1.54) is 0 Å². The molecule has 2 bridgehead atoms. The number of anilines is 1. The van der Waals surface area contributed by atoms with Crippen LogP contribution in [0.3, 0.4) is 0 Å². The molecular formula is C24H22N2O5. The summed E-state index contributed by atoms with van der Waals surface area (Å²) in [5.74, 6) is -1.44. The summed E-state index contributed by atoms with van der Waals surface area (Å²) in [6.07, 6.45) is 5.05. The summed E-state index contributed by atoms with van der Waals surface area (Å²) in [6.45, 7) is 1.85. The molecule has 2 aromatic rings. The van der Waals surface area contributed by atoms with Gasteiger partial charge < -0.3 is 19.4 Å². The number of rotatable bonds is 3. The van der Waals surface area contributed by atoms with Gasteiger partial charge in [-0.25, -0.2) is 0 Å². The van der Waals surface area contributed by atoms with E-state index < -0.39 is 35.6 Å². The van der Waals surface area contributed by atoms with Crippen molar-refractivity contribution >= 4 is 23.3 Å². The Hall–Kier alpha value is -3.19. The van der Waals surface area contributed by atoms with E-state index in [-0.39, 0.29) is 29.9 Å². The molecule has 3 saturated heterocycles. The summed E-state index contributed by atoms with van der Waals surface area (Å²) in [5, 5.41) is 2.93. The predicted molar refractivity (Wildman–Crippen MR) is 110 cm³/mol. The number of carbonyl (C=O) groups excluding carboxylic acids is 3. The fourth-order valence-corrected chi connectivity index (χ4v) is 6.01. The topological polar surface area (TPSA) is 88.9 Å². The number of nitrogens with one attached hydrogen (secondary N) is 1. The van der Waals surface area contributed by atoms with Gasteiger partial charge in [0.25, 0.3) is 0 Å². The van der Waals surface area contributed by atoms with Crippen molar-refractivity contribution in [2.24, 2.45) is 17.8 Å². The SMILES string of the molecule is CC1C(=O)CC(c2ccco2)N2C(=O)C3C(C(=O)Nc4ccccc4)[C@H]4C=CC3(O4)C12. The number of carbonyl (C=O) groups is 3. The molecule has 0 aliphatic carbocycles. The van der Waals surface area contributed by atoms with E-state index in [0.29, 0.717) is 11.4 Å². The lowest BCUT2D eigenvalue weighted by Gasteiger charge is -2.43. The Balaban J connectivity index is 1.40. The van der Waals surface area contributed by atoms with Gasteiger partial charge in [-0.3, -0.25) is 14.4 Å². The van der Waals surface area contributed by atoms with Crippen LogP contribution in [0, 0.1) is 17.8 Å². The van der Waals surface area contributed by atoms with Crippen molar-refractivity contribution in [1.29, 1.82) is 0 Å². The van der Waals surface area contributed by atoms with Gasteiger partial charge in [0, 0.05) is 18.0 Å². The van der Waals surface area contributed by atoms with Crippen molar-refractivity contribution in [3.8, 4) is 0 Å². The first-order chi connectivity index (χ1) is 15.0. The number of Topliss-reactive ketones (excluding diaryl/α,β-unsaturated/α-hetero) is 1. The minimum absolute atomic E-state index is 0.0723. The number of furan rings is 1. The van der Waals surface area contributed by atoms with Gasteiger partial charge in [-0.2, -0.15) is 0 Å². The number of hydrogen-bond donors (Lipinski definition) is 1. The lowest BCUT2D eigenvalue weighted by atomic mass is 9.70. The van der Waals surface area contributed by atoms with Crippen LogP contribution < -0.4 is 5.32 Å². The molecule has 1 N–H and O–H groups in total. The molecule has 0 radical (unpaired) electrons. The highest BCUT2D eigenvalue weighted by molar-refractivity contribution is 6.00. The minimum atomic E-state index is -0.971. The quantitative estimate of drug-likeness (QED) is 0.775. The molecule has 4 aliphatic rings. The smallest absolute Gasteiger partial charge is 0.231 e. The molecule has 2 amide bonds. The number of nitrogens with zero attached hydrogens (tertiary/aromatic N) is 1. The molecule has 6 unspecified atom stereocenters. The van der Waals surface area contributed by atoms with Crippen molar-refractivity contribution in [3.63, 3.8) is 0 Å². The number of hydrogen-bond acceptors (Lipinski definition) is 5. The highest BCUT2D eigenvalue weighted by Crippen LogP contribution is 2.59. The zero-order valence-corrected chi connectivity index (χ0v) is 16.9. The average molecular weight is 418 g/mol. The highest BCUT2D eigenvalue weighted by Gasteiger charge is 2.74. The van der Waals surface area contributed by atoms with Gasteiger partial charge in [0.1, 0.15) is 17.1 Å². The Bertz CT molecular complexity index is 1090. The molecular weight excluding hydrogens is 396 g/mol. The first kappa shape index (κ1) is 18.6. The van der Waals surface area contributed by atoms with Crippen LogP contribution >= 0.6 is 0 Å². The van der Waals surface area contributed by atoms with Crippen LogP contribution in [0.4, 0.5) is 5.69 Å². The van der Waals surface area contributed by atoms with E-state index in [4.69, 9.17) is 9.15 Å². The maximum atomic E-state index is 13.8. The lowest BCUT2D eigenvalue weighted by Crippen LogP contribution is -2.55. The van der Waals surface area contributed by atoms with Crippen molar-refractivity contribution in [3.05, 3.63) is 66.6 Å². The molecule has 1 aromatic heterocycles. The van der Waals surface area contributed by atoms with E-state index >= 15 is 0 Å². The Morgan fingerprint density at radius 3 is 2.71 bits per heavy atom. The lowest BCUT2D eigenvalue weighted by molar-refractivity contribution is -0.147. The van der Waals surface area contributed by atoms with Crippen LogP contribution in [-0.4, -0.2) is 40.2 Å². The van der Waals surface area contributed by atoms with E-state index in [1.54, 1.807) is 23.3 Å². The van der Waals surface area contributed by atoms with Gasteiger partial charge in [0.2, 0.25) is 11.8 Å². The Labute approximate surface area is 179 Å². The Morgan fingerprint density at radius 1 is 1.16 bits per heavy atom. The molecule has 5 heterocycles. The van der Waals surface area contributed by atoms with Crippen LogP contribution in [0.25, 0.3) is 0 Å². The van der Waals surface area contributed by atoms with Gasteiger partial charge in [0.15, 0.2) is 0 Å². The third-order valence-corrected chi connectivity index (χ3v) is 7.30. The monoisotopic (exact) mass is 418 g/mol. The summed E-state index contributed by atoms with van der Waals surface area (Å²) in [6, 6.07) is 11.8. The van der Waals surface area contributed by atoms with E-state index in [2.05, 4.69) is 5.32 Å². The zero-order chi connectivity index (χ0) is 21.3. The van der Waals surface area contributed by atoms with Gasteiger partial charge >= 0.3 is 0 Å². The van der Waals surface area contributed by atoms with Crippen LogP contribution in [0.5, 0.6) is 0 Å². The number of piperidine rings is 1. The standard InChI is InChI=1S/C24H22N2O5/c1-13-16(27)12-15(17-8-5-11-30-17)26-21(13)24-10-9-18(31-24)19(20(24)23(26)29)22(28)25-14-6-3-2-4-7-14/h2-11,13,15,18-21H,12H2,1H3,(H,25,28)/t13?,15?,18-,19?,20?,21?,24?/m1/s1. The summed E-state index contributed by atoms with van der Waals surface area (Å²) >= 11 is 0. The number of amides is 2. The van der Waals surface area contributed by atoms with Gasteiger partial charge in [0.05, 0.1) is 36.3 Å². The third kappa shape index (κ3) is 2.41. The normalized spacial score (nSPS) is 37.8. The van der Waals surface area contributed by atoms with Crippen LogP contribution in [-0.2, 0) is 19.1 Å². The maximum Gasteiger partial charge on any atom is 0.231 e. The van der Waals surface area contributed by atoms with Crippen molar-refractivity contribution < 1.29 is 23.5 Å². The fourth-order valence-electron chi connectivity index (χ4n) is 6.01. The second-order valence-electron chi connectivity index (χ2n) is 8.83. The molecule has 7 nitrogen and oxygen atoms in total. The molecule has 6 rings (SSSR count). The molecule has 1 spiro atoms. The summed E-state index contributed by atoms with van der Waals surface area (Å²) in [7, 11) is 0. The fraction of sp³-hybridized carbons (Fsp3) is 0.375. The summed E-state index contributed by atoms with van der Waals surface area (Å²) in [5.41, 5.74) is -0.297. The second-order valence-corrected chi connectivity index (χ2v) is 8.83. The van der Waals surface area contributed by atoms with Gasteiger partial charge in [-0.1, -0.05) is 37.3 Å². The molecule has 0 saturated carbocycles. The number of ketones is 1. The zero-order valence-electron chi connectivity index (χ0n) is 16.9. The number of benzene rings is 1. The molecule has 1 aromatic carbocycles. The maximum absolute atomic E-state index is 13.8. The van der Waals surface area contributed by atoms with Crippen molar-refractivity contribution in [2.75, 3.05) is 5.32 Å². The molecule has 31 heavy (non-hydrogen) atoms. The predicted octanol–water partition coefficient (Wildman–Crippen LogP) is 2.72. The second kappa shape index (κ2) is 6.40. The number of ether oxygens (including phenoxy) is 1. The van der Waals surface area contributed by atoms with Crippen molar-refractivity contribution in [2.45, 2.75) is 37.1 Å². The largest absolute Gasteiger partial charge is 0.467 e. The third-order valence-electron chi connectivity index (χ3n) is 7.30. The van der Waals surface area contributed by atoms with E-state index in [0.717, 1.165) is 0 Å². The Kier molecular flexibility index (Phi) is 3.84. The highest BCUT2D eigenvalue weighted by atomic mass is 16.5. The summed E-state index contributed by atoms with van der Waals surface area (Å²) < 4.78 is 11.9. The molecule has 4 aliphatic heterocycles. The molecule has 3 fully saturated rings. The van der Waals surface area contributed by atoms with Crippen molar-refractivity contribution in [1.82, 2.24) is 4.90 Å². The number of fused-ring (bicyclic) bond motifs is 2.